The van der Waals surface area contributed by atoms with Gasteiger partial charge < -0.3 is 21.5 Å². The van der Waals surface area contributed by atoms with E-state index in [1.165, 1.54) is 0 Å². The van der Waals surface area contributed by atoms with Gasteiger partial charge in [-0.15, -0.1) is 0 Å². The number of nitrogens with two attached hydrogens (primary N) is 1. The van der Waals surface area contributed by atoms with Crippen LogP contribution in [0.25, 0.3) is 0 Å². The number of amides is 3. The highest BCUT2D eigenvalue weighted by molar-refractivity contribution is 8.06. The summed E-state index contributed by atoms with van der Waals surface area (Å²) in [5, 5.41) is 14.0. The van der Waals surface area contributed by atoms with Gasteiger partial charge in [-0.2, -0.15) is 23.5 Å². The summed E-state index contributed by atoms with van der Waals surface area (Å²) in [6.45, 7) is 0.479. The number of hydrogen-bond donors (Lipinski definition) is 4. The molecule has 19 heavy (non-hydrogen) atoms. The van der Waals surface area contributed by atoms with Gasteiger partial charge in [-0.05, 0) is 0 Å². The molecule has 9 heteroatoms. The number of aliphatic carboxylic acids is 1. The van der Waals surface area contributed by atoms with E-state index in [0.717, 1.165) is 17.3 Å². The van der Waals surface area contributed by atoms with Crippen LogP contribution in [0, 0.1) is 0 Å². The number of thioether (sulfide) groups is 2. The zero-order chi connectivity index (χ0) is 14.3. The topological polar surface area (TPSA) is 122 Å². The number of hydrogen-bond acceptors (Lipinski definition) is 5. The monoisotopic (exact) mass is 307 g/mol. The summed E-state index contributed by atoms with van der Waals surface area (Å²) in [6, 6.07) is -1.88. The number of primary amides is 1. The van der Waals surface area contributed by atoms with Gasteiger partial charge >= 0.3 is 12.0 Å². The largest absolute Gasteiger partial charge is 0.480 e. The standard InChI is InChI=1S/C10H17N3O4S2/c11-8(14)3-7(9(15)16)13-10(17)12-4-6-5-18-1-2-19-6/h6-7H,1-5H2,(H2,11,14)(H,15,16)(H2,12,13,17)/t6?,7-/m0/s1. The van der Waals surface area contributed by atoms with Crippen LogP contribution in [0.1, 0.15) is 6.42 Å². The highest BCUT2D eigenvalue weighted by Gasteiger charge is 2.22. The minimum Gasteiger partial charge on any atom is -0.480 e. The lowest BCUT2D eigenvalue weighted by molar-refractivity contribution is -0.140. The second-order valence-corrected chi connectivity index (χ2v) is 6.54. The maximum Gasteiger partial charge on any atom is 0.326 e. The van der Waals surface area contributed by atoms with Crippen molar-refractivity contribution < 1.29 is 19.5 Å². The molecule has 0 spiro atoms. The third kappa shape index (κ3) is 6.58. The van der Waals surface area contributed by atoms with Crippen LogP contribution < -0.4 is 16.4 Å². The molecule has 1 saturated heterocycles. The summed E-state index contributed by atoms with van der Waals surface area (Å²) in [5.41, 5.74) is 4.92. The minimum atomic E-state index is -1.29. The summed E-state index contributed by atoms with van der Waals surface area (Å²) in [4.78, 5) is 33.0. The van der Waals surface area contributed by atoms with E-state index in [1.54, 1.807) is 11.8 Å². The molecule has 0 saturated carbocycles. The maximum absolute atomic E-state index is 11.5. The molecule has 0 bridgehead atoms. The Kier molecular flexibility index (Phi) is 6.85. The van der Waals surface area contributed by atoms with Crippen molar-refractivity contribution in [2.45, 2.75) is 17.7 Å². The zero-order valence-corrected chi connectivity index (χ0v) is 11.9. The maximum atomic E-state index is 11.5. The van der Waals surface area contributed by atoms with Crippen LogP contribution >= 0.6 is 23.5 Å². The first-order chi connectivity index (χ1) is 8.99. The Labute approximate surface area is 119 Å². The van der Waals surface area contributed by atoms with Crippen molar-refractivity contribution in [2.24, 2.45) is 5.73 Å². The normalized spacial score (nSPS) is 20.3. The highest BCUT2D eigenvalue weighted by atomic mass is 32.2. The first-order valence-corrected chi connectivity index (χ1v) is 7.94. The van der Waals surface area contributed by atoms with Crippen LogP contribution in [0.3, 0.4) is 0 Å². The fraction of sp³-hybridized carbons (Fsp3) is 0.700. The molecule has 0 aromatic carbocycles. The summed E-state index contributed by atoms with van der Waals surface area (Å²) >= 11 is 3.62. The second-order valence-electron chi connectivity index (χ2n) is 3.98. The average Bonchev–Trinajstić information content (AvgIpc) is 2.36. The summed E-state index contributed by atoms with van der Waals surface area (Å²) in [5.74, 6) is 1.09. The molecule has 0 aliphatic carbocycles. The molecule has 1 fully saturated rings. The third-order valence-corrected chi connectivity index (χ3v) is 5.23. The number of carbonyl (C=O) groups excluding carboxylic acids is 2. The number of rotatable bonds is 6. The van der Waals surface area contributed by atoms with Crippen molar-refractivity contribution in [2.75, 3.05) is 23.8 Å². The van der Waals surface area contributed by atoms with E-state index < -0.39 is 30.4 Å². The molecule has 5 N–H and O–H groups in total. The molecule has 0 aromatic rings. The Morgan fingerprint density at radius 2 is 2.11 bits per heavy atom. The molecule has 1 aliphatic rings. The predicted molar refractivity (Wildman–Crippen MR) is 75.3 cm³/mol. The lowest BCUT2D eigenvalue weighted by Crippen LogP contribution is -2.49. The van der Waals surface area contributed by atoms with Crippen LogP contribution in [0.5, 0.6) is 0 Å². The van der Waals surface area contributed by atoms with Crippen molar-refractivity contribution in [1.29, 1.82) is 0 Å². The smallest absolute Gasteiger partial charge is 0.326 e. The van der Waals surface area contributed by atoms with Crippen LogP contribution in [-0.4, -0.2) is 58.1 Å². The molecule has 7 nitrogen and oxygen atoms in total. The van der Waals surface area contributed by atoms with Gasteiger partial charge in [-0.3, -0.25) is 4.79 Å². The Morgan fingerprint density at radius 3 is 2.63 bits per heavy atom. The van der Waals surface area contributed by atoms with E-state index >= 15 is 0 Å². The van der Waals surface area contributed by atoms with E-state index in [9.17, 15) is 14.4 Å². The van der Waals surface area contributed by atoms with Gasteiger partial charge in [0.1, 0.15) is 6.04 Å². The SMILES string of the molecule is NC(=O)C[C@H](NC(=O)NCC1CSCCS1)C(=O)O. The van der Waals surface area contributed by atoms with Gasteiger partial charge in [0.05, 0.1) is 6.42 Å². The molecule has 0 aromatic heterocycles. The van der Waals surface area contributed by atoms with Crippen LogP contribution in [0.2, 0.25) is 0 Å². The van der Waals surface area contributed by atoms with Crippen molar-refractivity contribution in [1.82, 2.24) is 10.6 Å². The summed E-state index contributed by atoms with van der Waals surface area (Å²) < 4.78 is 0. The molecule has 1 unspecified atom stereocenters. The first kappa shape index (κ1) is 16.0. The molecule has 1 heterocycles. The van der Waals surface area contributed by atoms with Crippen molar-refractivity contribution in [3.63, 3.8) is 0 Å². The lowest BCUT2D eigenvalue weighted by atomic mass is 10.2. The van der Waals surface area contributed by atoms with E-state index in [0.29, 0.717) is 11.8 Å². The fourth-order valence-corrected chi connectivity index (χ4v) is 4.08. The van der Waals surface area contributed by atoms with Crippen LogP contribution in [0.4, 0.5) is 4.79 Å². The Hall–Kier alpha value is -1.09. The van der Waals surface area contributed by atoms with E-state index in [2.05, 4.69) is 10.6 Å². The summed E-state index contributed by atoms with van der Waals surface area (Å²) in [7, 11) is 0. The van der Waals surface area contributed by atoms with Gasteiger partial charge in [0.15, 0.2) is 0 Å². The molecule has 108 valence electrons. The van der Waals surface area contributed by atoms with E-state index in [-0.39, 0.29) is 0 Å². The second kappa shape index (κ2) is 8.16. The molecule has 3 amide bonds. The van der Waals surface area contributed by atoms with Gasteiger partial charge in [-0.25, -0.2) is 9.59 Å². The Bertz CT molecular complexity index is 348. The van der Waals surface area contributed by atoms with Crippen molar-refractivity contribution in [3.8, 4) is 0 Å². The van der Waals surface area contributed by atoms with Gasteiger partial charge in [-0.1, -0.05) is 0 Å². The minimum absolute atomic E-state index is 0.337. The highest BCUT2D eigenvalue weighted by Crippen LogP contribution is 2.23. The van der Waals surface area contributed by atoms with Crippen LogP contribution in [-0.2, 0) is 9.59 Å². The fourth-order valence-electron chi connectivity index (χ4n) is 1.47. The molecule has 1 rings (SSSR count). The molecule has 2 atom stereocenters. The molecular weight excluding hydrogens is 290 g/mol. The Morgan fingerprint density at radius 1 is 1.37 bits per heavy atom. The quantitative estimate of drug-likeness (QED) is 0.523. The number of carboxylic acid groups (broad SMARTS) is 1. The number of nitrogens with one attached hydrogen (secondary N) is 2. The lowest BCUT2D eigenvalue weighted by Gasteiger charge is -2.21. The molecular formula is C10H17N3O4S2. The number of urea groups is 1. The van der Waals surface area contributed by atoms with Crippen molar-refractivity contribution in [3.05, 3.63) is 0 Å². The number of carbonyl (C=O) groups is 3. The van der Waals surface area contributed by atoms with Gasteiger partial charge in [0.2, 0.25) is 5.91 Å². The Balaban J connectivity index is 2.31. The van der Waals surface area contributed by atoms with Gasteiger partial charge in [0.25, 0.3) is 0 Å². The predicted octanol–water partition coefficient (Wildman–Crippen LogP) is -0.537. The van der Waals surface area contributed by atoms with Crippen LogP contribution in [0.15, 0.2) is 0 Å². The zero-order valence-electron chi connectivity index (χ0n) is 10.3. The summed E-state index contributed by atoms with van der Waals surface area (Å²) in [6.07, 6.45) is -0.420. The molecule has 0 radical (unpaired) electrons. The first-order valence-electron chi connectivity index (χ1n) is 5.74. The van der Waals surface area contributed by atoms with Crippen molar-refractivity contribution >= 4 is 41.4 Å². The van der Waals surface area contributed by atoms with E-state index in [4.69, 9.17) is 10.8 Å². The van der Waals surface area contributed by atoms with E-state index in [1.807, 2.05) is 11.8 Å². The third-order valence-electron chi connectivity index (χ3n) is 2.38. The molecule has 1 aliphatic heterocycles. The number of carboxylic acids is 1. The van der Waals surface area contributed by atoms with Gasteiger partial charge in [0, 0.05) is 29.1 Å². The average molecular weight is 307 g/mol.